The van der Waals surface area contributed by atoms with Crippen molar-refractivity contribution in [1.82, 2.24) is 14.5 Å². The quantitative estimate of drug-likeness (QED) is 0.236. The van der Waals surface area contributed by atoms with Crippen LogP contribution in [0.5, 0.6) is 0 Å². The van der Waals surface area contributed by atoms with Gasteiger partial charge in [0.25, 0.3) is 0 Å². The summed E-state index contributed by atoms with van der Waals surface area (Å²) in [5.41, 5.74) is 5.24. The zero-order valence-corrected chi connectivity index (χ0v) is 20.0. The first-order chi connectivity index (χ1) is 18.4. The molecule has 3 nitrogen and oxygen atoms in total. The molecule has 37 heavy (non-hydrogen) atoms. The van der Waals surface area contributed by atoms with E-state index in [4.69, 9.17) is 9.97 Å². The number of fused-ring (bicyclic) bond motifs is 7. The van der Waals surface area contributed by atoms with Gasteiger partial charge >= 0.3 is 0 Å². The number of rotatable bonds is 2. The summed E-state index contributed by atoms with van der Waals surface area (Å²) in [7, 11) is 0. The third-order valence-corrected chi connectivity index (χ3v) is 7.40. The van der Waals surface area contributed by atoms with Crippen LogP contribution in [-0.2, 0) is 0 Å². The highest BCUT2D eigenvalue weighted by atomic mass is 15.2. The molecule has 0 saturated heterocycles. The third kappa shape index (κ3) is 2.95. The van der Waals surface area contributed by atoms with Crippen molar-refractivity contribution in [3.63, 3.8) is 0 Å². The number of benzene rings is 6. The molecule has 0 unspecified atom stereocenters. The lowest BCUT2D eigenvalue weighted by atomic mass is 9.98. The van der Waals surface area contributed by atoms with Gasteiger partial charge in [-0.2, -0.15) is 0 Å². The van der Waals surface area contributed by atoms with Crippen LogP contribution < -0.4 is 0 Å². The van der Waals surface area contributed by atoms with Crippen LogP contribution in [0.3, 0.4) is 0 Å². The minimum Gasteiger partial charge on any atom is -0.278 e. The zero-order chi connectivity index (χ0) is 24.3. The molecule has 0 spiro atoms. The molecule has 0 aliphatic heterocycles. The summed E-state index contributed by atoms with van der Waals surface area (Å²) in [4.78, 5) is 10.6. The molecule has 172 valence electrons. The second-order valence-corrected chi connectivity index (χ2v) is 9.45. The molecular weight excluding hydrogens is 450 g/mol. The summed E-state index contributed by atoms with van der Waals surface area (Å²) in [6.07, 6.45) is 0. The Balaban J connectivity index is 1.57. The average molecular weight is 472 g/mol. The van der Waals surface area contributed by atoms with Crippen molar-refractivity contribution in [2.45, 2.75) is 0 Å². The summed E-state index contributed by atoms with van der Waals surface area (Å²) in [6.45, 7) is 0. The summed E-state index contributed by atoms with van der Waals surface area (Å²) in [5, 5.41) is 8.14. The van der Waals surface area contributed by atoms with Gasteiger partial charge in [0, 0.05) is 27.1 Å². The lowest BCUT2D eigenvalue weighted by Crippen LogP contribution is -2.04. The standard InChI is InChI=1S/C34H21N3/c1-3-13-24-22(10-1)12-9-17-28(24)33-29-21-20-23-11-2-4-14-25(23)32(29)35-34(36-33)37-30-18-7-5-15-26(30)27-16-6-8-19-31(27)37/h1-21H. The normalized spacial score (nSPS) is 11.8. The minimum atomic E-state index is 0.684. The van der Waals surface area contributed by atoms with Gasteiger partial charge in [0.2, 0.25) is 5.95 Å². The molecule has 0 atom stereocenters. The van der Waals surface area contributed by atoms with E-state index >= 15 is 0 Å². The summed E-state index contributed by atoms with van der Waals surface area (Å²) in [6, 6.07) is 44.8. The Bertz CT molecular complexity index is 2090. The van der Waals surface area contributed by atoms with Gasteiger partial charge in [-0.15, -0.1) is 0 Å². The van der Waals surface area contributed by atoms with Crippen molar-refractivity contribution >= 4 is 54.3 Å². The van der Waals surface area contributed by atoms with E-state index in [1.54, 1.807) is 0 Å². The molecule has 0 aliphatic carbocycles. The SMILES string of the molecule is c1ccc2c(-c3nc(-n4c5ccccc5c5ccccc54)nc4c3ccc3ccccc34)cccc2c1. The number of nitrogens with zero attached hydrogens (tertiary/aromatic N) is 3. The van der Waals surface area contributed by atoms with Crippen LogP contribution in [0.15, 0.2) is 127 Å². The van der Waals surface area contributed by atoms with Gasteiger partial charge in [-0.05, 0) is 34.4 Å². The first-order valence-corrected chi connectivity index (χ1v) is 12.5. The van der Waals surface area contributed by atoms with Crippen LogP contribution in [0, 0.1) is 0 Å². The van der Waals surface area contributed by atoms with Gasteiger partial charge < -0.3 is 0 Å². The second-order valence-electron chi connectivity index (χ2n) is 9.45. The van der Waals surface area contributed by atoms with Crippen molar-refractivity contribution < 1.29 is 0 Å². The van der Waals surface area contributed by atoms with Crippen molar-refractivity contribution in [3.05, 3.63) is 127 Å². The molecule has 2 aromatic heterocycles. The highest BCUT2D eigenvalue weighted by Gasteiger charge is 2.18. The Morgan fingerprint density at radius 2 is 0.973 bits per heavy atom. The number of aromatic nitrogens is 3. The molecule has 0 saturated carbocycles. The maximum Gasteiger partial charge on any atom is 0.235 e. The first kappa shape index (κ1) is 20.2. The fourth-order valence-electron chi connectivity index (χ4n) is 5.73. The van der Waals surface area contributed by atoms with E-state index in [0.717, 1.165) is 38.6 Å². The molecule has 0 radical (unpaired) electrons. The van der Waals surface area contributed by atoms with Crippen molar-refractivity contribution in [1.29, 1.82) is 0 Å². The summed E-state index contributed by atoms with van der Waals surface area (Å²) >= 11 is 0. The molecule has 0 bridgehead atoms. The lowest BCUT2D eigenvalue weighted by Gasteiger charge is -2.14. The molecule has 3 heteroatoms. The van der Waals surface area contributed by atoms with Gasteiger partial charge in [-0.25, -0.2) is 9.97 Å². The van der Waals surface area contributed by atoms with Gasteiger partial charge in [0.05, 0.1) is 22.2 Å². The Morgan fingerprint density at radius 3 is 1.70 bits per heavy atom. The van der Waals surface area contributed by atoms with Crippen molar-refractivity contribution in [2.75, 3.05) is 0 Å². The Kier molecular flexibility index (Phi) is 4.23. The summed E-state index contributed by atoms with van der Waals surface area (Å²) < 4.78 is 2.21. The average Bonchev–Trinajstić information content (AvgIpc) is 3.31. The van der Waals surface area contributed by atoms with E-state index in [0.29, 0.717) is 5.95 Å². The van der Waals surface area contributed by atoms with Crippen molar-refractivity contribution in [2.24, 2.45) is 0 Å². The predicted octanol–water partition coefficient (Wildman–Crippen LogP) is 8.70. The highest BCUT2D eigenvalue weighted by Crippen LogP contribution is 2.37. The monoisotopic (exact) mass is 471 g/mol. The van der Waals surface area contributed by atoms with Gasteiger partial charge in [0.1, 0.15) is 0 Å². The topological polar surface area (TPSA) is 30.7 Å². The first-order valence-electron chi connectivity index (χ1n) is 12.5. The Hall–Kier alpha value is -5.02. The predicted molar refractivity (Wildman–Crippen MR) is 154 cm³/mol. The molecule has 0 fully saturated rings. The van der Waals surface area contributed by atoms with E-state index < -0.39 is 0 Å². The second kappa shape index (κ2) is 7.74. The number of hydrogen-bond donors (Lipinski definition) is 0. The van der Waals surface area contributed by atoms with E-state index in [-0.39, 0.29) is 0 Å². The third-order valence-electron chi connectivity index (χ3n) is 7.40. The van der Waals surface area contributed by atoms with Crippen LogP contribution in [0.4, 0.5) is 0 Å². The molecule has 0 aliphatic rings. The zero-order valence-electron chi connectivity index (χ0n) is 20.0. The Morgan fingerprint density at radius 1 is 0.405 bits per heavy atom. The fraction of sp³-hybridized carbons (Fsp3) is 0. The fourth-order valence-corrected chi connectivity index (χ4v) is 5.73. The molecule has 6 aromatic carbocycles. The smallest absolute Gasteiger partial charge is 0.235 e. The molecule has 8 aromatic rings. The van der Waals surface area contributed by atoms with E-state index in [2.05, 4.69) is 132 Å². The van der Waals surface area contributed by atoms with Crippen LogP contribution in [0.2, 0.25) is 0 Å². The molecular formula is C34H21N3. The van der Waals surface area contributed by atoms with Gasteiger partial charge in [-0.3, -0.25) is 4.57 Å². The molecule has 0 amide bonds. The van der Waals surface area contributed by atoms with E-state index in [1.807, 2.05) is 0 Å². The van der Waals surface area contributed by atoms with Crippen molar-refractivity contribution in [3.8, 4) is 17.2 Å². The maximum atomic E-state index is 5.32. The van der Waals surface area contributed by atoms with E-state index in [1.165, 1.54) is 26.9 Å². The molecule has 2 heterocycles. The van der Waals surface area contributed by atoms with Crippen LogP contribution in [0.25, 0.3) is 71.5 Å². The van der Waals surface area contributed by atoms with Crippen LogP contribution in [-0.4, -0.2) is 14.5 Å². The van der Waals surface area contributed by atoms with Crippen LogP contribution in [0.1, 0.15) is 0 Å². The molecule has 8 rings (SSSR count). The Labute approximate surface area is 213 Å². The largest absolute Gasteiger partial charge is 0.278 e. The highest BCUT2D eigenvalue weighted by molar-refractivity contribution is 6.13. The lowest BCUT2D eigenvalue weighted by molar-refractivity contribution is 1.02. The maximum absolute atomic E-state index is 5.32. The number of para-hydroxylation sites is 2. The summed E-state index contributed by atoms with van der Waals surface area (Å²) in [5.74, 6) is 0.684. The number of hydrogen-bond acceptors (Lipinski definition) is 2. The van der Waals surface area contributed by atoms with Gasteiger partial charge in [-0.1, -0.05) is 109 Å². The van der Waals surface area contributed by atoms with E-state index in [9.17, 15) is 0 Å². The van der Waals surface area contributed by atoms with Crippen LogP contribution >= 0.6 is 0 Å². The van der Waals surface area contributed by atoms with Gasteiger partial charge in [0.15, 0.2) is 0 Å². The minimum absolute atomic E-state index is 0.684. The molecule has 0 N–H and O–H groups in total.